The maximum Gasteiger partial charge on any atom is 0.0650 e. The second kappa shape index (κ2) is 11.8. The summed E-state index contributed by atoms with van der Waals surface area (Å²) in [5.41, 5.74) is 0.604. The number of aliphatic hydroxyl groups is 3. The van der Waals surface area contributed by atoms with Crippen LogP contribution in [0, 0.1) is 5.92 Å². The summed E-state index contributed by atoms with van der Waals surface area (Å²) in [6.07, 6.45) is 11.5. The first kappa shape index (κ1) is 22.4. The summed E-state index contributed by atoms with van der Waals surface area (Å²) in [6, 6.07) is 0. The van der Waals surface area contributed by atoms with Crippen molar-refractivity contribution < 1.29 is 20.1 Å². The number of rotatable bonds is 11. The molecule has 1 aliphatic rings. The zero-order valence-electron chi connectivity index (χ0n) is 16.3. The Labute approximate surface area is 153 Å². The maximum atomic E-state index is 10.3. The van der Waals surface area contributed by atoms with Crippen LogP contribution in [0.4, 0.5) is 0 Å². The molecule has 1 aliphatic carbocycles. The monoisotopic (exact) mass is 354 g/mol. The number of hydrogen-bond donors (Lipinski definition) is 3. The fraction of sp³-hybridized carbons (Fsp3) is 0.810. The van der Waals surface area contributed by atoms with Crippen molar-refractivity contribution in [2.24, 2.45) is 5.92 Å². The molecule has 1 fully saturated rings. The zero-order valence-corrected chi connectivity index (χ0v) is 16.3. The maximum absolute atomic E-state index is 10.3. The Bertz CT molecular complexity index is 400. The summed E-state index contributed by atoms with van der Waals surface area (Å²) < 4.78 is 5.69. The van der Waals surface area contributed by atoms with Gasteiger partial charge < -0.3 is 20.1 Å². The average Bonchev–Trinajstić information content (AvgIpc) is 2.57. The van der Waals surface area contributed by atoms with E-state index in [4.69, 9.17) is 4.74 Å². The second-order valence-electron chi connectivity index (χ2n) is 7.67. The number of hydrogen-bond acceptors (Lipinski definition) is 4. The Morgan fingerprint density at radius 1 is 1.20 bits per heavy atom. The predicted octanol–water partition coefficient (Wildman–Crippen LogP) is 3.75. The molecule has 0 saturated heterocycles. The summed E-state index contributed by atoms with van der Waals surface area (Å²) in [7, 11) is 0. The van der Waals surface area contributed by atoms with Crippen LogP contribution in [0.2, 0.25) is 0 Å². The Morgan fingerprint density at radius 3 is 2.44 bits per heavy atom. The third-order valence-electron chi connectivity index (χ3n) is 5.28. The summed E-state index contributed by atoms with van der Waals surface area (Å²) in [4.78, 5) is 0. The lowest BCUT2D eigenvalue weighted by atomic mass is 9.89. The van der Waals surface area contributed by atoms with Crippen LogP contribution >= 0.6 is 0 Å². The van der Waals surface area contributed by atoms with Crippen LogP contribution in [0.5, 0.6) is 0 Å². The van der Waals surface area contributed by atoms with Crippen LogP contribution in [0.1, 0.15) is 72.1 Å². The standard InChI is InChI=1S/C21H38O4/c1-4-21(24,5-2)11-8-9-17(3)16-25-12-7-6-10-18-13-19(22)15-20(23)14-18/h6-7,10,17,19-20,22-24H,4-5,8-9,11-16H2,1-3H3/b7-6+/t17-,19-,20-/m1/s1. The Balaban J connectivity index is 2.14. The Hall–Kier alpha value is -0.680. The van der Waals surface area contributed by atoms with Crippen molar-refractivity contribution in [2.45, 2.75) is 89.9 Å². The SMILES string of the molecule is CCC(O)(CC)CCC[C@@H](C)COC/C=C/C=C1C[C@@H](O)C[C@H](O)C1. The summed E-state index contributed by atoms with van der Waals surface area (Å²) in [6.45, 7) is 7.59. The first-order chi connectivity index (χ1) is 11.9. The van der Waals surface area contributed by atoms with E-state index in [9.17, 15) is 15.3 Å². The molecule has 0 aliphatic heterocycles. The predicted molar refractivity (Wildman–Crippen MR) is 102 cm³/mol. The van der Waals surface area contributed by atoms with Crippen molar-refractivity contribution in [3.05, 3.63) is 23.8 Å². The minimum Gasteiger partial charge on any atom is -0.393 e. The van der Waals surface area contributed by atoms with Gasteiger partial charge in [0.1, 0.15) is 0 Å². The first-order valence-corrected chi connectivity index (χ1v) is 9.89. The largest absolute Gasteiger partial charge is 0.393 e. The van der Waals surface area contributed by atoms with Gasteiger partial charge in [-0.25, -0.2) is 0 Å². The zero-order chi connectivity index (χ0) is 18.7. The van der Waals surface area contributed by atoms with E-state index in [2.05, 4.69) is 6.92 Å². The minimum absolute atomic E-state index is 0.418. The van der Waals surface area contributed by atoms with Crippen LogP contribution < -0.4 is 0 Å². The lowest BCUT2D eigenvalue weighted by molar-refractivity contribution is 0.0190. The molecule has 0 aromatic heterocycles. The molecule has 4 heteroatoms. The molecule has 0 heterocycles. The van der Waals surface area contributed by atoms with E-state index < -0.39 is 17.8 Å². The van der Waals surface area contributed by atoms with Gasteiger partial charge in [-0.15, -0.1) is 0 Å². The normalized spacial score (nSPS) is 23.2. The number of ether oxygens (including phenoxy) is 1. The summed E-state index contributed by atoms with van der Waals surface area (Å²) >= 11 is 0. The highest BCUT2D eigenvalue weighted by Gasteiger charge is 2.22. The molecule has 3 atom stereocenters. The van der Waals surface area contributed by atoms with Gasteiger partial charge in [-0.2, -0.15) is 0 Å². The topological polar surface area (TPSA) is 69.9 Å². The fourth-order valence-corrected chi connectivity index (χ4v) is 3.37. The highest BCUT2D eigenvalue weighted by atomic mass is 16.5. The van der Waals surface area contributed by atoms with E-state index in [0.717, 1.165) is 44.3 Å². The van der Waals surface area contributed by atoms with Crippen molar-refractivity contribution >= 4 is 0 Å². The van der Waals surface area contributed by atoms with Crippen molar-refractivity contribution in [2.75, 3.05) is 13.2 Å². The van der Waals surface area contributed by atoms with Crippen LogP contribution in [0.3, 0.4) is 0 Å². The molecule has 1 saturated carbocycles. The van der Waals surface area contributed by atoms with E-state index in [1.807, 2.05) is 32.1 Å². The molecule has 0 amide bonds. The molecule has 0 radical (unpaired) electrons. The molecule has 0 spiro atoms. The van der Waals surface area contributed by atoms with Gasteiger partial charge in [0.25, 0.3) is 0 Å². The molecule has 0 unspecified atom stereocenters. The number of aliphatic hydroxyl groups excluding tert-OH is 2. The average molecular weight is 355 g/mol. The second-order valence-corrected chi connectivity index (χ2v) is 7.67. The van der Waals surface area contributed by atoms with E-state index in [0.29, 0.717) is 31.8 Å². The van der Waals surface area contributed by atoms with Crippen LogP contribution in [0.25, 0.3) is 0 Å². The van der Waals surface area contributed by atoms with Gasteiger partial charge in [-0.1, -0.05) is 51.0 Å². The lowest BCUT2D eigenvalue weighted by Gasteiger charge is -2.25. The molecule has 4 nitrogen and oxygen atoms in total. The highest BCUT2D eigenvalue weighted by molar-refractivity contribution is 5.16. The van der Waals surface area contributed by atoms with Gasteiger partial charge in [-0.05, 0) is 50.9 Å². The van der Waals surface area contributed by atoms with E-state index in [1.165, 1.54) is 0 Å². The van der Waals surface area contributed by atoms with Gasteiger partial charge in [-0.3, -0.25) is 0 Å². The van der Waals surface area contributed by atoms with Gasteiger partial charge in [0.05, 0.1) is 24.4 Å². The highest BCUT2D eigenvalue weighted by Crippen LogP contribution is 2.24. The lowest BCUT2D eigenvalue weighted by Crippen LogP contribution is -2.26. The molecule has 0 bridgehead atoms. The van der Waals surface area contributed by atoms with Gasteiger partial charge in [0.15, 0.2) is 0 Å². The Kier molecular flexibility index (Phi) is 10.6. The third kappa shape index (κ3) is 9.55. The van der Waals surface area contributed by atoms with Gasteiger partial charge in [0.2, 0.25) is 0 Å². The quantitative estimate of drug-likeness (QED) is 0.494. The van der Waals surface area contributed by atoms with Crippen molar-refractivity contribution in [1.82, 2.24) is 0 Å². The van der Waals surface area contributed by atoms with Crippen molar-refractivity contribution in [3.8, 4) is 0 Å². The molecule has 3 N–H and O–H groups in total. The molecule has 25 heavy (non-hydrogen) atoms. The fourth-order valence-electron chi connectivity index (χ4n) is 3.37. The first-order valence-electron chi connectivity index (χ1n) is 9.89. The third-order valence-corrected chi connectivity index (χ3v) is 5.28. The van der Waals surface area contributed by atoms with Gasteiger partial charge >= 0.3 is 0 Å². The van der Waals surface area contributed by atoms with Crippen molar-refractivity contribution in [3.63, 3.8) is 0 Å². The van der Waals surface area contributed by atoms with Crippen LogP contribution in [-0.4, -0.2) is 46.3 Å². The van der Waals surface area contributed by atoms with Gasteiger partial charge in [0, 0.05) is 6.61 Å². The molecule has 146 valence electrons. The minimum atomic E-state index is -0.489. The number of allylic oxidation sites excluding steroid dienone is 2. The molecular weight excluding hydrogens is 316 g/mol. The van der Waals surface area contributed by atoms with E-state index in [-0.39, 0.29) is 0 Å². The smallest absolute Gasteiger partial charge is 0.0650 e. The van der Waals surface area contributed by atoms with Crippen LogP contribution in [0.15, 0.2) is 23.8 Å². The molecular formula is C21H38O4. The molecule has 1 rings (SSSR count). The van der Waals surface area contributed by atoms with Crippen LogP contribution in [-0.2, 0) is 4.74 Å². The molecule has 0 aromatic carbocycles. The van der Waals surface area contributed by atoms with E-state index >= 15 is 0 Å². The van der Waals surface area contributed by atoms with Crippen molar-refractivity contribution in [1.29, 1.82) is 0 Å². The molecule has 0 aromatic rings. The summed E-state index contributed by atoms with van der Waals surface area (Å²) in [5, 5.41) is 29.6. The summed E-state index contributed by atoms with van der Waals surface area (Å²) in [5.74, 6) is 0.494. The van der Waals surface area contributed by atoms with E-state index in [1.54, 1.807) is 0 Å². The Morgan fingerprint density at radius 2 is 1.84 bits per heavy atom.